The van der Waals surface area contributed by atoms with Crippen LogP contribution in [-0.2, 0) is 9.84 Å². The van der Waals surface area contributed by atoms with Gasteiger partial charge in [-0.15, -0.1) is 0 Å². The Bertz CT molecular complexity index is 365. The van der Waals surface area contributed by atoms with Crippen molar-refractivity contribution in [2.45, 2.75) is 44.7 Å². The lowest BCUT2D eigenvalue weighted by molar-refractivity contribution is 0.174. The van der Waals surface area contributed by atoms with Crippen LogP contribution in [0.2, 0.25) is 0 Å². The summed E-state index contributed by atoms with van der Waals surface area (Å²) in [6, 6.07) is 0.186. The average Bonchev–Trinajstić information content (AvgIpc) is 2.71. The third-order valence-electron chi connectivity index (χ3n) is 4.12. The van der Waals surface area contributed by atoms with Gasteiger partial charge in [-0.2, -0.15) is 0 Å². The molecule has 0 bridgehead atoms. The lowest BCUT2D eigenvalue weighted by Gasteiger charge is -2.31. The fraction of sp³-hybridized carbons (Fsp3) is 1.00. The van der Waals surface area contributed by atoms with Gasteiger partial charge in [0, 0.05) is 24.7 Å². The van der Waals surface area contributed by atoms with Crippen LogP contribution in [0.15, 0.2) is 0 Å². The number of hydrogen-bond acceptors (Lipinski definition) is 4. The zero-order valence-corrected chi connectivity index (χ0v) is 11.7. The molecule has 2 rings (SSSR count). The Balaban J connectivity index is 1.70. The predicted molar refractivity (Wildman–Crippen MR) is 69.9 cm³/mol. The standard InChI is InChI=1S/C12H24N2O2S/c1-12(2)5-3-7-14(12)8-6-13-11-4-9-17(15,16)10-11/h11,13H,3-10H2,1-2H3. The van der Waals surface area contributed by atoms with Gasteiger partial charge in [-0.1, -0.05) is 0 Å². The summed E-state index contributed by atoms with van der Waals surface area (Å²) in [7, 11) is -2.74. The third kappa shape index (κ3) is 3.42. The Hall–Kier alpha value is -0.130. The quantitative estimate of drug-likeness (QED) is 0.806. The molecule has 1 unspecified atom stereocenters. The normalized spacial score (nSPS) is 32.0. The highest BCUT2D eigenvalue weighted by atomic mass is 32.2. The van der Waals surface area contributed by atoms with Gasteiger partial charge in [0.15, 0.2) is 9.84 Å². The molecule has 2 aliphatic rings. The predicted octanol–water partition coefficient (Wildman–Crippen LogP) is 0.638. The van der Waals surface area contributed by atoms with Crippen LogP contribution in [0.25, 0.3) is 0 Å². The maximum absolute atomic E-state index is 11.3. The SMILES string of the molecule is CC1(C)CCCN1CCNC1CCS(=O)(=O)C1. The van der Waals surface area contributed by atoms with Crippen molar-refractivity contribution >= 4 is 9.84 Å². The molecule has 0 aliphatic carbocycles. The number of hydrogen-bond donors (Lipinski definition) is 1. The van der Waals surface area contributed by atoms with Crippen LogP contribution in [0, 0.1) is 0 Å². The van der Waals surface area contributed by atoms with E-state index in [1.165, 1.54) is 19.4 Å². The van der Waals surface area contributed by atoms with Crippen molar-refractivity contribution in [1.29, 1.82) is 0 Å². The van der Waals surface area contributed by atoms with Gasteiger partial charge < -0.3 is 5.32 Å². The topological polar surface area (TPSA) is 49.4 Å². The molecule has 0 aromatic carbocycles. The van der Waals surface area contributed by atoms with Crippen molar-refractivity contribution in [3.63, 3.8) is 0 Å². The molecule has 4 nitrogen and oxygen atoms in total. The molecule has 0 aromatic heterocycles. The van der Waals surface area contributed by atoms with Gasteiger partial charge >= 0.3 is 0 Å². The van der Waals surface area contributed by atoms with Crippen LogP contribution in [-0.4, -0.2) is 56.0 Å². The summed E-state index contributed by atoms with van der Waals surface area (Å²) in [4.78, 5) is 2.50. The molecule has 1 atom stereocenters. The van der Waals surface area contributed by atoms with Crippen LogP contribution in [0.4, 0.5) is 0 Å². The molecule has 1 N–H and O–H groups in total. The number of nitrogens with one attached hydrogen (secondary N) is 1. The average molecular weight is 260 g/mol. The maximum atomic E-state index is 11.3. The van der Waals surface area contributed by atoms with Crippen LogP contribution in [0.1, 0.15) is 33.1 Å². The van der Waals surface area contributed by atoms with E-state index in [4.69, 9.17) is 0 Å². The number of likely N-dealkylation sites (tertiary alicyclic amines) is 1. The first-order valence-electron chi connectivity index (χ1n) is 6.58. The second-order valence-corrected chi connectivity index (χ2v) is 8.19. The Morgan fingerprint density at radius 1 is 1.41 bits per heavy atom. The van der Waals surface area contributed by atoms with Crippen molar-refractivity contribution in [2.24, 2.45) is 0 Å². The largest absolute Gasteiger partial charge is 0.312 e. The van der Waals surface area contributed by atoms with Gasteiger partial charge in [0.25, 0.3) is 0 Å². The minimum Gasteiger partial charge on any atom is -0.312 e. The molecule has 0 saturated carbocycles. The highest BCUT2D eigenvalue weighted by Gasteiger charge is 2.32. The molecule has 0 spiro atoms. The third-order valence-corrected chi connectivity index (χ3v) is 5.89. The van der Waals surface area contributed by atoms with E-state index >= 15 is 0 Å². The van der Waals surface area contributed by atoms with Crippen LogP contribution < -0.4 is 5.32 Å². The molecule has 0 radical (unpaired) electrons. The summed E-state index contributed by atoms with van der Waals surface area (Å²) in [5.41, 5.74) is 0.323. The second kappa shape index (κ2) is 4.86. The maximum Gasteiger partial charge on any atom is 0.151 e. The van der Waals surface area contributed by atoms with Crippen LogP contribution in [0.3, 0.4) is 0 Å². The van der Waals surface area contributed by atoms with Crippen LogP contribution in [0.5, 0.6) is 0 Å². The molecule has 2 aliphatic heterocycles. The fourth-order valence-electron chi connectivity index (χ4n) is 2.94. The summed E-state index contributed by atoms with van der Waals surface area (Å²) in [5.74, 6) is 0.691. The first-order chi connectivity index (χ1) is 7.89. The van der Waals surface area contributed by atoms with E-state index in [0.29, 0.717) is 17.0 Å². The second-order valence-electron chi connectivity index (χ2n) is 5.96. The number of nitrogens with zero attached hydrogens (tertiary/aromatic N) is 1. The first-order valence-corrected chi connectivity index (χ1v) is 8.40. The van der Waals surface area contributed by atoms with E-state index in [0.717, 1.165) is 19.5 Å². The molecular weight excluding hydrogens is 236 g/mol. The molecule has 2 heterocycles. The van der Waals surface area contributed by atoms with Gasteiger partial charge in [0.05, 0.1) is 11.5 Å². The monoisotopic (exact) mass is 260 g/mol. The zero-order chi connectivity index (χ0) is 12.5. The Morgan fingerprint density at radius 3 is 2.71 bits per heavy atom. The van der Waals surface area contributed by atoms with Gasteiger partial charge in [0.2, 0.25) is 0 Å². The van der Waals surface area contributed by atoms with Crippen molar-refractivity contribution < 1.29 is 8.42 Å². The van der Waals surface area contributed by atoms with E-state index in [2.05, 4.69) is 24.1 Å². The highest BCUT2D eigenvalue weighted by Crippen LogP contribution is 2.27. The summed E-state index contributed by atoms with van der Waals surface area (Å²) < 4.78 is 22.6. The van der Waals surface area contributed by atoms with Crippen molar-refractivity contribution in [2.75, 3.05) is 31.1 Å². The fourth-order valence-corrected chi connectivity index (χ4v) is 4.65. The molecular formula is C12H24N2O2S. The summed E-state index contributed by atoms with van der Waals surface area (Å²) in [5, 5.41) is 3.38. The lowest BCUT2D eigenvalue weighted by atomic mass is 10.0. The van der Waals surface area contributed by atoms with Crippen molar-refractivity contribution in [1.82, 2.24) is 10.2 Å². The minimum absolute atomic E-state index is 0.186. The smallest absolute Gasteiger partial charge is 0.151 e. The number of rotatable bonds is 4. The molecule has 2 fully saturated rings. The van der Waals surface area contributed by atoms with E-state index in [-0.39, 0.29) is 6.04 Å². The van der Waals surface area contributed by atoms with E-state index in [1.807, 2.05) is 0 Å². The van der Waals surface area contributed by atoms with E-state index < -0.39 is 9.84 Å². The van der Waals surface area contributed by atoms with Gasteiger partial charge in [-0.25, -0.2) is 8.42 Å². The van der Waals surface area contributed by atoms with E-state index in [1.54, 1.807) is 0 Å². The minimum atomic E-state index is -2.74. The molecule has 100 valence electrons. The molecule has 2 saturated heterocycles. The zero-order valence-electron chi connectivity index (χ0n) is 10.9. The van der Waals surface area contributed by atoms with E-state index in [9.17, 15) is 8.42 Å². The summed E-state index contributed by atoms with van der Waals surface area (Å²) in [6.45, 7) is 7.70. The Morgan fingerprint density at radius 2 is 2.18 bits per heavy atom. The molecule has 0 amide bonds. The van der Waals surface area contributed by atoms with Gasteiger partial charge in [-0.3, -0.25) is 4.90 Å². The lowest BCUT2D eigenvalue weighted by Crippen LogP contribution is -2.44. The van der Waals surface area contributed by atoms with Crippen LogP contribution >= 0.6 is 0 Å². The number of sulfone groups is 1. The Kier molecular flexibility index (Phi) is 3.80. The Labute approximate surface area is 105 Å². The van der Waals surface area contributed by atoms with Gasteiger partial charge in [-0.05, 0) is 39.7 Å². The molecule has 0 aromatic rings. The molecule has 17 heavy (non-hydrogen) atoms. The van der Waals surface area contributed by atoms with Crippen molar-refractivity contribution in [3.05, 3.63) is 0 Å². The first kappa shape index (κ1) is 13.3. The molecule has 5 heteroatoms. The summed E-state index contributed by atoms with van der Waals surface area (Å²) >= 11 is 0. The highest BCUT2D eigenvalue weighted by molar-refractivity contribution is 7.91. The van der Waals surface area contributed by atoms with Gasteiger partial charge in [0.1, 0.15) is 0 Å². The van der Waals surface area contributed by atoms with Crippen molar-refractivity contribution in [3.8, 4) is 0 Å². The summed E-state index contributed by atoms with van der Waals surface area (Å²) in [6.07, 6.45) is 3.33.